The number of rotatable bonds is 87. The lowest BCUT2D eigenvalue weighted by Gasteiger charge is -2.21. The summed E-state index contributed by atoms with van der Waals surface area (Å²) in [5, 5.41) is 10.7. The third-order valence-electron chi connectivity index (χ3n) is 21.1. The van der Waals surface area contributed by atoms with Crippen molar-refractivity contribution in [1.29, 1.82) is 0 Å². The Morgan fingerprint density at radius 1 is 0.271 bits per heavy atom. The Morgan fingerprint density at radius 2 is 0.477 bits per heavy atom. The number of hydrogen-bond acceptors (Lipinski definition) is 15. The minimum absolute atomic E-state index is 0.107. The first-order valence-electron chi connectivity index (χ1n) is 45.5. The van der Waals surface area contributed by atoms with E-state index in [-0.39, 0.29) is 25.7 Å². The Labute approximate surface area is 658 Å². The lowest BCUT2D eigenvalue weighted by Crippen LogP contribution is -2.30. The summed E-state index contributed by atoms with van der Waals surface area (Å²) in [6.45, 7) is 9.66. The standard InChI is InChI=1S/C88H172O17P2/c1-7-10-12-14-16-18-20-22-24-25-26-27-28-29-33-36-40-43-47-51-58-64-70-85(90)98-76-83(104-87(92)73-67-61-53-49-45-41-37-34-31-30-32-35-38-42-46-50-57-63-69-81(6)9-3)78-102-106(94,95)100-74-82(89)75-101-107(96,97)103-79-84(77-99-86(91)71-65-59-55-54-56-62-68-80(4)5)105-88(93)72-66-60-52-48-44-39-23-21-19-17-15-13-11-8-2/h80-84,89H,7-79H2,1-6H3,(H,94,95)(H,96,97)/t81?,82-,83-,84-/m1/s1. The van der Waals surface area contributed by atoms with Gasteiger partial charge in [-0.3, -0.25) is 37.3 Å². The van der Waals surface area contributed by atoms with Crippen LogP contribution in [0.25, 0.3) is 0 Å². The number of aliphatic hydroxyl groups excluding tert-OH is 1. The molecule has 3 unspecified atom stereocenters. The van der Waals surface area contributed by atoms with Crippen LogP contribution in [0.2, 0.25) is 0 Å². The van der Waals surface area contributed by atoms with Crippen LogP contribution >= 0.6 is 15.6 Å². The molecule has 0 saturated heterocycles. The lowest BCUT2D eigenvalue weighted by molar-refractivity contribution is -0.161. The second kappa shape index (κ2) is 79.3. The SMILES string of the molecule is CCCCCCCCCCCCCCCCCCCCCCCCC(=O)OC[C@H](COP(=O)(O)OC[C@@H](O)COP(=O)(O)OC[C@@H](COC(=O)CCCCCCCCC(C)C)OC(=O)CCCCCCCCCCCCCCCC)OC(=O)CCCCCCCCCCCCCCCCCCCCC(C)CC. The smallest absolute Gasteiger partial charge is 0.462 e. The summed E-state index contributed by atoms with van der Waals surface area (Å²) in [7, 11) is -9.93. The zero-order valence-electron chi connectivity index (χ0n) is 70.5. The number of carbonyl (C=O) groups is 4. The first-order chi connectivity index (χ1) is 51.9. The van der Waals surface area contributed by atoms with Crippen molar-refractivity contribution in [2.75, 3.05) is 39.6 Å². The minimum Gasteiger partial charge on any atom is -0.462 e. The fraction of sp³-hybridized carbons (Fsp3) is 0.955. The Hall–Kier alpha value is -1.94. The normalized spacial score (nSPS) is 14.0. The minimum atomic E-state index is -4.97. The molecule has 3 N–H and O–H groups in total. The molecule has 0 aromatic heterocycles. The fourth-order valence-corrected chi connectivity index (χ4v) is 15.3. The van der Waals surface area contributed by atoms with E-state index in [9.17, 15) is 43.2 Å². The van der Waals surface area contributed by atoms with Crippen molar-refractivity contribution in [3.8, 4) is 0 Å². The highest BCUT2D eigenvalue weighted by atomic mass is 31.2. The van der Waals surface area contributed by atoms with Crippen LogP contribution in [0.4, 0.5) is 0 Å². The van der Waals surface area contributed by atoms with Crippen LogP contribution in [0.3, 0.4) is 0 Å². The lowest BCUT2D eigenvalue weighted by atomic mass is 9.99. The maximum Gasteiger partial charge on any atom is 0.472 e. The highest BCUT2D eigenvalue weighted by molar-refractivity contribution is 7.47. The van der Waals surface area contributed by atoms with Gasteiger partial charge in [-0.15, -0.1) is 0 Å². The Morgan fingerprint density at radius 3 is 0.710 bits per heavy atom. The van der Waals surface area contributed by atoms with Gasteiger partial charge in [0.2, 0.25) is 0 Å². The fourth-order valence-electron chi connectivity index (χ4n) is 13.7. The molecule has 0 aliphatic heterocycles. The zero-order chi connectivity index (χ0) is 78.5. The molecule has 0 aromatic carbocycles. The highest BCUT2D eigenvalue weighted by Gasteiger charge is 2.31. The third-order valence-corrected chi connectivity index (χ3v) is 23.0. The molecule has 0 aromatic rings. The van der Waals surface area contributed by atoms with E-state index in [1.54, 1.807) is 0 Å². The van der Waals surface area contributed by atoms with Crippen LogP contribution in [-0.2, 0) is 65.4 Å². The van der Waals surface area contributed by atoms with E-state index in [0.29, 0.717) is 31.6 Å². The van der Waals surface area contributed by atoms with Gasteiger partial charge in [0.25, 0.3) is 0 Å². The molecule has 17 nitrogen and oxygen atoms in total. The predicted octanol–water partition coefficient (Wildman–Crippen LogP) is 27.0. The van der Waals surface area contributed by atoms with Gasteiger partial charge in [0, 0.05) is 25.7 Å². The molecule has 0 saturated carbocycles. The average molecular weight is 1560 g/mol. The summed E-state index contributed by atoms with van der Waals surface area (Å²) < 4.78 is 68.9. The van der Waals surface area contributed by atoms with Gasteiger partial charge in [-0.1, -0.05) is 420 Å². The number of ether oxygens (including phenoxy) is 4. The summed E-state index contributed by atoms with van der Waals surface area (Å²) >= 11 is 0. The average Bonchev–Trinajstić information content (AvgIpc) is 0.901. The number of carbonyl (C=O) groups excluding carboxylic acids is 4. The maximum atomic E-state index is 13.2. The van der Waals surface area contributed by atoms with Crippen LogP contribution < -0.4 is 0 Å². The Balaban J connectivity index is 5.18. The molecule has 0 rings (SSSR count). The van der Waals surface area contributed by atoms with Crippen LogP contribution in [-0.4, -0.2) is 96.7 Å². The third kappa shape index (κ3) is 80.5. The molecule has 0 spiro atoms. The van der Waals surface area contributed by atoms with Gasteiger partial charge in [-0.25, -0.2) is 9.13 Å². The molecule has 107 heavy (non-hydrogen) atoms. The first-order valence-corrected chi connectivity index (χ1v) is 48.5. The van der Waals surface area contributed by atoms with E-state index in [1.165, 1.54) is 283 Å². The number of hydrogen-bond donors (Lipinski definition) is 3. The van der Waals surface area contributed by atoms with Crippen LogP contribution in [0, 0.1) is 11.8 Å². The van der Waals surface area contributed by atoms with Crippen molar-refractivity contribution in [3.05, 3.63) is 0 Å². The highest BCUT2D eigenvalue weighted by Crippen LogP contribution is 2.45. The summed E-state index contributed by atoms with van der Waals surface area (Å²) in [4.78, 5) is 73.2. The molecule has 0 radical (unpaired) electrons. The van der Waals surface area contributed by atoms with E-state index >= 15 is 0 Å². The molecule has 0 aliphatic rings. The van der Waals surface area contributed by atoms with E-state index in [2.05, 4.69) is 41.5 Å². The molecular formula is C88H172O17P2. The van der Waals surface area contributed by atoms with Crippen molar-refractivity contribution >= 4 is 39.5 Å². The second-order valence-corrected chi connectivity index (χ2v) is 35.3. The van der Waals surface area contributed by atoms with Crippen LogP contribution in [0.15, 0.2) is 0 Å². The van der Waals surface area contributed by atoms with Gasteiger partial charge in [0.05, 0.1) is 26.4 Å². The van der Waals surface area contributed by atoms with E-state index in [0.717, 1.165) is 102 Å². The van der Waals surface area contributed by atoms with Crippen molar-refractivity contribution in [3.63, 3.8) is 0 Å². The predicted molar refractivity (Wildman–Crippen MR) is 442 cm³/mol. The molecule has 636 valence electrons. The number of unbranched alkanes of at least 4 members (excludes halogenated alkanes) is 56. The first kappa shape index (κ1) is 105. The number of esters is 4. The monoisotopic (exact) mass is 1560 g/mol. The number of aliphatic hydroxyl groups is 1. The topological polar surface area (TPSA) is 237 Å². The van der Waals surface area contributed by atoms with Crippen LogP contribution in [0.5, 0.6) is 0 Å². The summed E-state index contributed by atoms with van der Waals surface area (Å²) in [5.74, 6) is -0.553. The molecule has 0 amide bonds. The van der Waals surface area contributed by atoms with Gasteiger partial charge in [0.15, 0.2) is 12.2 Å². The van der Waals surface area contributed by atoms with Crippen LogP contribution in [0.1, 0.15) is 472 Å². The van der Waals surface area contributed by atoms with Gasteiger partial charge in [-0.2, -0.15) is 0 Å². The Kier molecular flexibility index (Phi) is 77.9. The number of phosphoric ester groups is 2. The molecule has 0 bridgehead atoms. The van der Waals surface area contributed by atoms with Gasteiger partial charge in [0.1, 0.15) is 19.3 Å². The van der Waals surface area contributed by atoms with Crippen molar-refractivity contribution < 1.29 is 80.2 Å². The number of phosphoric acid groups is 2. The van der Waals surface area contributed by atoms with Gasteiger partial charge in [-0.05, 0) is 37.5 Å². The summed E-state index contributed by atoms with van der Waals surface area (Å²) in [6.07, 6.45) is 72.5. The zero-order valence-corrected chi connectivity index (χ0v) is 72.2. The molecule has 0 heterocycles. The molecular weight excluding hydrogens is 1390 g/mol. The summed E-state index contributed by atoms with van der Waals surface area (Å²) in [5.41, 5.74) is 0. The largest absolute Gasteiger partial charge is 0.472 e. The molecule has 6 atom stereocenters. The van der Waals surface area contributed by atoms with E-state index < -0.39 is 97.5 Å². The van der Waals surface area contributed by atoms with E-state index in [4.69, 9.17) is 37.0 Å². The molecule has 0 fully saturated rings. The van der Waals surface area contributed by atoms with Gasteiger partial charge >= 0.3 is 39.5 Å². The molecule has 0 aliphatic carbocycles. The Bertz CT molecular complexity index is 2050. The van der Waals surface area contributed by atoms with Crippen molar-refractivity contribution in [2.24, 2.45) is 11.8 Å². The molecule has 19 heteroatoms. The quantitative estimate of drug-likeness (QED) is 0.0222. The maximum absolute atomic E-state index is 13.2. The summed E-state index contributed by atoms with van der Waals surface area (Å²) in [6, 6.07) is 0. The van der Waals surface area contributed by atoms with Crippen molar-refractivity contribution in [2.45, 2.75) is 490 Å². The van der Waals surface area contributed by atoms with Gasteiger partial charge < -0.3 is 33.8 Å². The second-order valence-electron chi connectivity index (χ2n) is 32.4. The van der Waals surface area contributed by atoms with Crippen molar-refractivity contribution in [1.82, 2.24) is 0 Å². The van der Waals surface area contributed by atoms with E-state index in [1.807, 2.05) is 0 Å².